The molecule has 1 aliphatic heterocycles. The molecule has 0 radical (unpaired) electrons. The molecule has 1 amide bonds. The van der Waals surface area contributed by atoms with Gasteiger partial charge in [-0.25, -0.2) is 0 Å². The Hall–Kier alpha value is -2.49. The van der Waals surface area contributed by atoms with E-state index in [0.29, 0.717) is 6.54 Å². The van der Waals surface area contributed by atoms with Crippen molar-refractivity contribution >= 4 is 23.0 Å². The Morgan fingerprint density at radius 1 is 1.04 bits per heavy atom. The van der Waals surface area contributed by atoms with E-state index < -0.39 is 0 Å². The molecule has 0 bridgehead atoms. The number of para-hydroxylation sites is 3. The zero-order valence-corrected chi connectivity index (χ0v) is 13.5. The van der Waals surface area contributed by atoms with Gasteiger partial charge in [0.25, 0.3) is 0 Å². The SMILES string of the molecule is CN(CC(=O)Nc1ccccc1N1CCCC1)c1ccccc1. The lowest BCUT2D eigenvalue weighted by Crippen LogP contribution is -2.30. The molecule has 1 fully saturated rings. The summed E-state index contributed by atoms with van der Waals surface area (Å²) in [6.07, 6.45) is 2.44. The summed E-state index contributed by atoms with van der Waals surface area (Å²) in [6.45, 7) is 2.46. The Labute approximate surface area is 137 Å². The second kappa shape index (κ2) is 7.18. The van der Waals surface area contributed by atoms with Gasteiger partial charge < -0.3 is 15.1 Å². The molecule has 1 saturated heterocycles. The van der Waals surface area contributed by atoms with E-state index in [1.165, 1.54) is 12.8 Å². The van der Waals surface area contributed by atoms with Crippen molar-refractivity contribution in [1.29, 1.82) is 0 Å². The highest BCUT2D eigenvalue weighted by Gasteiger charge is 2.17. The molecule has 120 valence electrons. The molecule has 0 aromatic heterocycles. The third kappa shape index (κ3) is 3.83. The molecule has 0 aliphatic carbocycles. The number of benzene rings is 2. The third-order valence-electron chi connectivity index (χ3n) is 4.20. The van der Waals surface area contributed by atoms with Crippen molar-refractivity contribution < 1.29 is 4.79 Å². The van der Waals surface area contributed by atoms with Gasteiger partial charge in [0.05, 0.1) is 17.9 Å². The van der Waals surface area contributed by atoms with Crippen molar-refractivity contribution in [3.63, 3.8) is 0 Å². The Balaban J connectivity index is 1.66. The van der Waals surface area contributed by atoms with Crippen LogP contribution in [0.25, 0.3) is 0 Å². The summed E-state index contributed by atoms with van der Waals surface area (Å²) in [5, 5.41) is 3.07. The lowest BCUT2D eigenvalue weighted by molar-refractivity contribution is -0.114. The normalized spacial score (nSPS) is 13.9. The fourth-order valence-electron chi connectivity index (χ4n) is 2.99. The summed E-state index contributed by atoms with van der Waals surface area (Å²) in [5.74, 6) is 0.00278. The summed E-state index contributed by atoms with van der Waals surface area (Å²) in [6, 6.07) is 18.0. The molecule has 1 heterocycles. The minimum absolute atomic E-state index is 0.00278. The smallest absolute Gasteiger partial charge is 0.243 e. The first-order chi connectivity index (χ1) is 11.2. The average Bonchev–Trinajstić information content (AvgIpc) is 3.10. The van der Waals surface area contributed by atoms with Gasteiger partial charge in [0.15, 0.2) is 0 Å². The number of carbonyl (C=O) groups is 1. The van der Waals surface area contributed by atoms with Crippen molar-refractivity contribution in [3.05, 3.63) is 54.6 Å². The summed E-state index contributed by atoms with van der Waals surface area (Å²) >= 11 is 0. The fourth-order valence-corrected chi connectivity index (χ4v) is 2.99. The van der Waals surface area contributed by atoms with Crippen LogP contribution in [-0.2, 0) is 4.79 Å². The topological polar surface area (TPSA) is 35.6 Å². The second-order valence-corrected chi connectivity index (χ2v) is 5.95. The van der Waals surface area contributed by atoms with Gasteiger partial charge in [-0.3, -0.25) is 4.79 Å². The highest BCUT2D eigenvalue weighted by atomic mass is 16.2. The van der Waals surface area contributed by atoms with Gasteiger partial charge in [-0.1, -0.05) is 30.3 Å². The van der Waals surface area contributed by atoms with Crippen LogP contribution in [0.15, 0.2) is 54.6 Å². The first kappa shape index (κ1) is 15.4. The van der Waals surface area contributed by atoms with Crippen LogP contribution in [0, 0.1) is 0 Å². The average molecular weight is 309 g/mol. The molecule has 0 spiro atoms. The molecule has 0 saturated carbocycles. The molecule has 3 rings (SSSR count). The highest BCUT2D eigenvalue weighted by Crippen LogP contribution is 2.28. The van der Waals surface area contributed by atoms with Gasteiger partial charge in [0.2, 0.25) is 5.91 Å². The molecule has 23 heavy (non-hydrogen) atoms. The Morgan fingerprint density at radius 2 is 1.70 bits per heavy atom. The largest absolute Gasteiger partial charge is 0.370 e. The third-order valence-corrected chi connectivity index (χ3v) is 4.20. The fraction of sp³-hybridized carbons (Fsp3) is 0.316. The molecule has 0 unspecified atom stereocenters. The lowest BCUT2D eigenvalue weighted by atomic mass is 10.2. The summed E-state index contributed by atoms with van der Waals surface area (Å²) in [7, 11) is 1.93. The van der Waals surface area contributed by atoms with Gasteiger partial charge in [-0.15, -0.1) is 0 Å². The van der Waals surface area contributed by atoms with Crippen molar-refractivity contribution in [1.82, 2.24) is 0 Å². The van der Waals surface area contributed by atoms with Crippen LogP contribution < -0.4 is 15.1 Å². The number of carbonyl (C=O) groups excluding carboxylic acids is 1. The maximum Gasteiger partial charge on any atom is 0.243 e. The number of nitrogens with zero attached hydrogens (tertiary/aromatic N) is 2. The van der Waals surface area contributed by atoms with E-state index in [4.69, 9.17) is 0 Å². The van der Waals surface area contributed by atoms with Crippen molar-refractivity contribution in [2.75, 3.05) is 41.8 Å². The Kier molecular flexibility index (Phi) is 4.81. The number of likely N-dealkylation sites (N-methyl/N-ethyl adjacent to an activating group) is 1. The van der Waals surface area contributed by atoms with Gasteiger partial charge in [0.1, 0.15) is 0 Å². The summed E-state index contributed by atoms with van der Waals surface area (Å²) < 4.78 is 0. The van der Waals surface area contributed by atoms with E-state index in [0.717, 1.165) is 30.2 Å². The number of anilines is 3. The molecule has 1 N–H and O–H groups in total. The van der Waals surface area contributed by atoms with Gasteiger partial charge >= 0.3 is 0 Å². The monoisotopic (exact) mass is 309 g/mol. The van der Waals surface area contributed by atoms with Crippen LogP contribution in [0.5, 0.6) is 0 Å². The molecule has 2 aromatic rings. The van der Waals surface area contributed by atoms with E-state index in [1.807, 2.05) is 60.5 Å². The van der Waals surface area contributed by atoms with E-state index in [1.54, 1.807) is 0 Å². The number of nitrogens with one attached hydrogen (secondary N) is 1. The molecule has 0 atom stereocenters. The van der Waals surface area contributed by atoms with E-state index >= 15 is 0 Å². The zero-order chi connectivity index (χ0) is 16.1. The number of hydrogen-bond acceptors (Lipinski definition) is 3. The Bertz CT molecular complexity index is 651. The molecular weight excluding hydrogens is 286 g/mol. The lowest BCUT2D eigenvalue weighted by Gasteiger charge is -2.23. The van der Waals surface area contributed by atoms with Crippen LogP contribution in [0.1, 0.15) is 12.8 Å². The number of amides is 1. The van der Waals surface area contributed by atoms with Crippen LogP contribution in [-0.4, -0.2) is 32.6 Å². The van der Waals surface area contributed by atoms with Crippen LogP contribution in [0.2, 0.25) is 0 Å². The van der Waals surface area contributed by atoms with Crippen LogP contribution >= 0.6 is 0 Å². The summed E-state index contributed by atoms with van der Waals surface area (Å²) in [5.41, 5.74) is 3.07. The van der Waals surface area contributed by atoms with Crippen molar-refractivity contribution in [2.24, 2.45) is 0 Å². The minimum Gasteiger partial charge on any atom is -0.370 e. The number of rotatable bonds is 5. The molecule has 1 aliphatic rings. The van der Waals surface area contributed by atoms with Crippen molar-refractivity contribution in [3.8, 4) is 0 Å². The minimum atomic E-state index is 0.00278. The predicted octanol–water partition coefficient (Wildman–Crippen LogP) is 3.36. The van der Waals surface area contributed by atoms with Gasteiger partial charge in [0, 0.05) is 25.8 Å². The predicted molar refractivity (Wildman–Crippen MR) is 96.2 cm³/mol. The zero-order valence-electron chi connectivity index (χ0n) is 13.5. The van der Waals surface area contributed by atoms with E-state index in [-0.39, 0.29) is 5.91 Å². The standard InChI is InChI=1S/C19H23N3O/c1-21(16-9-3-2-4-10-16)15-19(23)20-17-11-5-6-12-18(17)22-13-7-8-14-22/h2-6,9-12H,7-8,13-15H2,1H3,(H,20,23). The van der Waals surface area contributed by atoms with Crippen LogP contribution in [0.4, 0.5) is 17.1 Å². The van der Waals surface area contributed by atoms with Crippen LogP contribution in [0.3, 0.4) is 0 Å². The van der Waals surface area contributed by atoms with Gasteiger partial charge in [-0.05, 0) is 37.1 Å². The molecule has 4 heteroatoms. The maximum atomic E-state index is 12.4. The summed E-state index contributed by atoms with van der Waals surface area (Å²) in [4.78, 5) is 16.7. The highest BCUT2D eigenvalue weighted by molar-refractivity contribution is 5.97. The first-order valence-corrected chi connectivity index (χ1v) is 8.14. The first-order valence-electron chi connectivity index (χ1n) is 8.14. The molecular formula is C19H23N3O. The Morgan fingerprint density at radius 3 is 2.43 bits per heavy atom. The maximum absolute atomic E-state index is 12.4. The quantitative estimate of drug-likeness (QED) is 0.920. The molecule has 4 nitrogen and oxygen atoms in total. The molecule has 2 aromatic carbocycles. The van der Waals surface area contributed by atoms with E-state index in [2.05, 4.69) is 16.3 Å². The van der Waals surface area contributed by atoms with Crippen molar-refractivity contribution in [2.45, 2.75) is 12.8 Å². The van der Waals surface area contributed by atoms with Gasteiger partial charge in [-0.2, -0.15) is 0 Å². The second-order valence-electron chi connectivity index (χ2n) is 5.95. The van der Waals surface area contributed by atoms with E-state index in [9.17, 15) is 4.79 Å². The number of hydrogen-bond donors (Lipinski definition) is 1.